The second-order valence-corrected chi connectivity index (χ2v) is 7.63. The van der Waals surface area contributed by atoms with Gasteiger partial charge in [-0.1, -0.05) is 12.1 Å². The Bertz CT molecular complexity index is 895. The van der Waals surface area contributed by atoms with Crippen molar-refractivity contribution in [1.82, 2.24) is 20.0 Å². The van der Waals surface area contributed by atoms with E-state index in [1.54, 1.807) is 30.6 Å². The summed E-state index contributed by atoms with van der Waals surface area (Å²) in [5.74, 6) is -0.0936. The number of carbonyl (C=O) groups is 3. The molecule has 1 aromatic carbocycles. The zero-order valence-electron chi connectivity index (χ0n) is 15.5. The topological polar surface area (TPSA) is 112 Å². The van der Waals surface area contributed by atoms with E-state index in [0.29, 0.717) is 37.5 Å². The summed E-state index contributed by atoms with van der Waals surface area (Å²) in [5, 5.41) is 6.60. The zero-order valence-corrected chi connectivity index (χ0v) is 15.5. The van der Waals surface area contributed by atoms with Crippen molar-refractivity contribution in [3.8, 4) is 0 Å². The molecule has 146 valence electrons. The molecule has 3 N–H and O–H groups in total. The van der Waals surface area contributed by atoms with Crippen molar-refractivity contribution in [2.75, 3.05) is 19.6 Å². The van der Waals surface area contributed by atoms with Crippen LogP contribution in [0.25, 0.3) is 0 Å². The standard InChI is InChI=1S/C20H23N5O3/c21-20(28)16-3-1-2-13(4-16)6-19(27)25-11-15-5-17(25)12-24(10-15)18(26)7-14-8-22-23-9-14/h1-4,8-9,15,17H,5-7,10-12H2,(H2,21,28)(H,22,23). The number of rotatable bonds is 5. The quantitative estimate of drug-likeness (QED) is 0.778. The molecule has 3 amide bonds. The summed E-state index contributed by atoms with van der Waals surface area (Å²) in [4.78, 5) is 40.6. The summed E-state index contributed by atoms with van der Waals surface area (Å²) >= 11 is 0. The van der Waals surface area contributed by atoms with Crippen molar-refractivity contribution in [2.45, 2.75) is 25.3 Å². The van der Waals surface area contributed by atoms with Gasteiger partial charge in [-0.05, 0) is 35.6 Å². The fraction of sp³-hybridized carbons (Fsp3) is 0.400. The van der Waals surface area contributed by atoms with Gasteiger partial charge in [0.15, 0.2) is 0 Å². The number of carbonyl (C=O) groups excluding carboxylic acids is 3. The molecule has 1 aromatic heterocycles. The van der Waals surface area contributed by atoms with Gasteiger partial charge in [-0.3, -0.25) is 19.5 Å². The van der Waals surface area contributed by atoms with Crippen molar-refractivity contribution in [2.24, 2.45) is 11.7 Å². The Morgan fingerprint density at radius 2 is 1.93 bits per heavy atom. The Morgan fingerprint density at radius 3 is 2.68 bits per heavy atom. The third-order valence-corrected chi connectivity index (χ3v) is 5.56. The fourth-order valence-corrected chi connectivity index (χ4v) is 4.24. The zero-order chi connectivity index (χ0) is 19.7. The predicted octanol–water partition coefficient (Wildman–Crippen LogP) is 0.353. The summed E-state index contributed by atoms with van der Waals surface area (Å²) in [6.45, 7) is 1.93. The molecule has 2 atom stereocenters. The highest BCUT2D eigenvalue weighted by atomic mass is 16.2. The van der Waals surface area contributed by atoms with E-state index in [0.717, 1.165) is 17.5 Å². The van der Waals surface area contributed by atoms with Gasteiger partial charge in [0.1, 0.15) is 0 Å². The predicted molar refractivity (Wildman–Crippen MR) is 101 cm³/mol. The van der Waals surface area contributed by atoms with E-state index in [-0.39, 0.29) is 24.3 Å². The maximum Gasteiger partial charge on any atom is 0.248 e. The van der Waals surface area contributed by atoms with Crippen LogP contribution in [0.15, 0.2) is 36.7 Å². The highest BCUT2D eigenvalue weighted by Crippen LogP contribution is 2.30. The van der Waals surface area contributed by atoms with Gasteiger partial charge in [-0.15, -0.1) is 0 Å². The van der Waals surface area contributed by atoms with Crippen LogP contribution in [0.1, 0.15) is 27.9 Å². The lowest BCUT2D eigenvalue weighted by Crippen LogP contribution is -2.47. The average molecular weight is 381 g/mol. The number of nitrogens with zero attached hydrogens (tertiary/aromatic N) is 3. The van der Waals surface area contributed by atoms with Gasteiger partial charge in [-0.2, -0.15) is 5.10 Å². The van der Waals surface area contributed by atoms with Gasteiger partial charge >= 0.3 is 0 Å². The average Bonchev–Trinajstić information content (AvgIpc) is 3.29. The molecule has 28 heavy (non-hydrogen) atoms. The van der Waals surface area contributed by atoms with Crippen LogP contribution < -0.4 is 5.73 Å². The molecule has 2 aliphatic rings. The summed E-state index contributed by atoms with van der Waals surface area (Å²) in [5.41, 5.74) is 7.36. The summed E-state index contributed by atoms with van der Waals surface area (Å²) in [6, 6.07) is 6.93. The van der Waals surface area contributed by atoms with E-state index in [9.17, 15) is 14.4 Å². The third-order valence-electron chi connectivity index (χ3n) is 5.56. The number of aromatic nitrogens is 2. The van der Waals surface area contributed by atoms with Crippen LogP contribution >= 0.6 is 0 Å². The van der Waals surface area contributed by atoms with E-state index >= 15 is 0 Å². The SMILES string of the molecule is NC(=O)c1cccc(CC(=O)N2CC3CC2CN(C(=O)Cc2cn[nH]c2)C3)c1. The number of fused-ring (bicyclic) bond motifs is 2. The first kappa shape index (κ1) is 18.2. The number of aromatic amines is 1. The minimum atomic E-state index is -0.502. The van der Waals surface area contributed by atoms with Gasteiger partial charge in [0, 0.05) is 37.4 Å². The lowest BCUT2D eigenvalue weighted by atomic mass is 9.99. The van der Waals surface area contributed by atoms with E-state index in [1.807, 2.05) is 15.9 Å². The van der Waals surface area contributed by atoms with Gasteiger partial charge in [0.25, 0.3) is 0 Å². The van der Waals surface area contributed by atoms with Crippen molar-refractivity contribution >= 4 is 17.7 Å². The largest absolute Gasteiger partial charge is 0.366 e. The summed E-state index contributed by atoms with van der Waals surface area (Å²) in [6.07, 6.45) is 4.87. The van der Waals surface area contributed by atoms with Crippen LogP contribution in [-0.2, 0) is 22.4 Å². The Labute approximate surface area is 162 Å². The Hall–Kier alpha value is -3.16. The number of piperidine rings is 1. The molecule has 2 unspecified atom stereocenters. The Balaban J connectivity index is 1.39. The highest BCUT2D eigenvalue weighted by molar-refractivity contribution is 5.93. The molecule has 2 bridgehead atoms. The number of nitrogens with two attached hydrogens (primary N) is 1. The maximum absolute atomic E-state index is 12.9. The first-order valence-electron chi connectivity index (χ1n) is 9.43. The molecule has 0 radical (unpaired) electrons. The van der Waals surface area contributed by atoms with Crippen molar-refractivity contribution in [1.29, 1.82) is 0 Å². The third kappa shape index (κ3) is 3.76. The first-order chi connectivity index (χ1) is 13.5. The highest BCUT2D eigenvalue weighted by Gasteiger charge is 2.41. The van der Waals surface area contributed by atoms with Crippen LogP contribution in [0.3, 0.4) is 0 Å². The van der Waals surface area contributed by atoms with Crippen molar-refractivity contribution in [3.63, 3.8) is 0 Å². The number of hydrogen-bond acceptors (Lipinski definition) is 4. The van der Waals surface area contributed by atoms with E-state index in [1.165, 1.54) is 0 Å². The normalized spacial score (nSPS) is 21.0. The number of primary amides is 1. The van der Waals surface area contributed by atoms with Gasteiger partial charge in [0.05, 0.1) is 19.0 Å². The molecule has 4 rings (SSSR count). The van der Waals surface area contributed by atoms with E-state index in [2.05, 4.69) is 10.2 Å². The molecular formula is C20H23N5O3. The van der Waals surface area contributed by atoms with Gasteiger partial charge in [0.2, 0.25) is 17.7 Å². The van der Waals surface area contributed by atoms with Crippen LogP contribution in [0, 0.1) is 5.92 Å². The van der Waals surface area contributed by atoms with E-state index < -0.39 is 5.91 Å². The summed E-state index contributed by atoms with van der Waals surface area (Å²) in [7, 11) is 0. The van der Waals surface area contributed by atoms with E-state index in [4.69, 9.17) is 5.73 Å². The molecule has 0 aliphatic carbocycles. The molecule has 0 spiro atoms. The van der Waals surface area contributed by atoms with Crippen LogP contribution in [-0.4, -0.2) is 63.4 Å². The molecule has 0 saturated carbocycles. The number of H-pyrrole nitrogens is 1. The van der Waals surface area contributed by atoms with Crippen LogP contribution in [0.4, 0.5) is 0 Å². The van der Waals surface area contributed by atoms with Crippen molar-refractivity contribution < 1.29 is 14.4 Å². The fourth-order valence-electron chi connectivity index (χ4n) is 4.24. The number of benzene rings is 1. The number of hydrogen-bond donors (Lipinski definition) is 2. The lowest BCUT2D eigenvalue weighted by Gasteiger charge is -2.32. The molecule has 8 heteroatoms. The van der Waals surface area contributed by atoms with Gasteiger partial charge in [-0.25, -0.2) is 0 Å². The molecule has 2 aromatic rings. The van der Waals surface area contributed by atoms with Gasteiger partial charge < -0.3 is 15.5 Å². The first-order valence-corrected chi connectivity index (χ1v) is 9.43. The number of nitrogens with one attached hydrogen (secondary N) is 1. The number of likely N-dealkylation sites (tertiary alicyclic amines) is 2. The molecule has 3 heterocycles. The lowest BCUT2D eigenvalue weighted by molar-refractivity contribution is -0.135. The molecular weight excluding hydrogens is 358 g/mol. The number of amides is 3. The van der Waals surface area contributed by atoms with Crippen LogP contribution in [0.2, 0.25) is 0 Å². The maximum atomic E-state index is 12.9. The molecule has 2 saturated heterocycles. The molecule has 2 aliphatic heterocycles. The second kappa shape index (κ2) is 7.46. The molecule has 8 nitrogen and oxygen atoms in total. The minimum absolute atomic E-state index is 0.0262. The molecule has 2 fully saturated rings. The Morgan fingerprint density at radius 1 is 1.11 bits per heavy atom. The van der Waals surface area contributed by atoms with Crippen LogP contribution in [0.5, 0.6) is 0 Å². The monoisotopic (exact) mass is 381 g/mol. The smallest absolute Gasteiger partial charge is 0.248 e. The summed E-state index contributed by atoms with van der Waals surface area (Å²) < 4.78 is 0. The Kier molecular flexibility index (Phi) is 4.85. The second-order valence-electron chi connectivity index (χ2n) is 7.63. The minimum Gasteiger partial charge on any atom is -0.366 e. The van der Waals surface area contributed by atoms with Crippen molar-refractivity contribution in [3.05, 3.63) is 53.3 Å².